The van der Waals surface area contributed by atoms with Crippen molar-refractivity contribution < 1.29 is 0 Å². The Morgan fingerprint density at radius 1 is 0.526 bits per heavy atom. The molecular weight excluding hydrogens is 480 g/mol. The first-order chi connectivity index (χ1) is 18.9. The first-order valence-electron chi connectivity index (χ1n) is 12.8. The normalized spacial score (nSPS) is 11.7. The van der Waals surface area contributed by atoms with Crippen LogP contribution in [-0.2, 0) is 0 Å². The number of hydrogen-bond donors (Lipinski definition) is 0. The smallest absolute Gasteiger partial charge is 0.0894 e. The summed E-state index contributed by atoms with van der Waals surface area (Å²) < 4.78 is 4.89. The molecule has 178 valence electrons. The average Bonchev–Trinajstić information content (AvgIpc) is 3.53. The van der Waals surface area contributed by atoms with Crippen molar-refractivity contribution in [3.05, 3.63) is 134 Å². The second kappa shape index (κ2) is 8.41. The lowest BCUT2D eigenvalue weighted by Crippen LogP contribution is -1.94. The molecule has 5 aromatic carbocycles. The van der Waals surface area contributed by atoms with Gasteiger partial charge in [-0.1, -0.05) is 91.0 Å². The fourth-order valence-electron chi connectivity index (χ4n) is 5.80. The molecule has 0 aliphatic heterocycles. The number of pyridine rings is 1. The van der Waals surface area contributed by atoms with E-state index in [0.29, 0.717) is 0 Å². The molecule has 3 aromatic heterocycles. The van der Waals surface area contributed by atoms with Gasteiger partial charge in [0.05, 0.1) is 21.3 Å². The van der Waals surface area contributed by atoms with Gasteiger partial charge < -0.3 is 4.57 Å². The van der Waals surface area contributed by atoms with Gasteiger partial charge in [-0.15, -0.1) is 11.3 Å². The monoisotopic (exact) mass is 502 g/mol. The predicted octanol–water partition coefficient (Wildman–Crippen LogP) is 9.88. The molecule has 8 aromatic rings. The van der Waals surface area contributed by atoms with E-state index in [9.17, 15) is 0 Å². The van der Waals surface area contributed by atoms with Crippen LogP contribution in [0.2, 0.25) is 0 Å². The Morgan fingerprint density at radius 2 is 1.18 bits per heavy atom. The Morgan fingerprint density at radius 3 is 1.97 bits per heavy atom. The summed E-state index contributed by atoms with van der Waals surface area (Å²) in [5.74, 6) is 0. The van der Waals surface area contributed by atoms with E-state index >= 15 is 0 Å². The highest BCUT2D eigenvalue weighted by Crippen LogP contribution is 2.42. The van der Waals surface area contributed by atoms with Gasteiger partial charge in [0, 0.05) is 38.3 Å². The molecule has 38 heavy (non-hydrogen) atoms. The van der Waals surface area contributed by atoms with Crippen LogP contribution in [0, 0.1) is 0 Å². The standard InChI is InChI=1S/C35H22N2S/c1-2-13-26(29-20-21-36-34-30-16-5-8-19-33(30)38-35(29)34)25(12-1)23-10-9-11-24(22-23)37-31-17-6-3-14-27(31)28-15-4-7-18-32(28)37/h1-22H. The van der Waals surface area contributed by atoms with Gasteiger partial charge in [-0.2, -0.15) is 0 Å². The van der Waals surface area contributed by atoms with Crippen molar-refractivity contribution >= 4 is 53.4 Å². The molecular formula is C35H22N2S. The maximum absolute atomic E-state index is 4.77. The van der Waals surface area contributed by atoms with Gasteiger partial charge in [0.25, 0.3) is 0 Å². The Balaban J connectivity index is 1.35. The molecule has 0 atom stereocenters. The molecule has 0 unspecified atom stereocenters. The Bertz CT molecular complexity index is 2090. The van der Waals surface area contributed by atoms with Crippen molar-refractivity contribution in [2.24, 2.45) is 0 Å². The van der Waals surface area contributed by atoms with E-state index in [1.54, 1.807) is 0 Å². The molecule has 3 heterocycles. The minimum atomic E-state index is 1.08. The van der Waals surface area contributed by atoms with E-state index in [4.69, 9.17) is 4.98 Å². The number of para-hydroxylation sites is 2. The summed E-state index contributed by atoms with van der Waals surface area (Å²) in [6.07, 6.45) is 1.95. The van der Waals surface area contributed by atoms with Crippen LogP contribution in [0.1, 0.15) is 0 Å². The molecule has 3 heteroatoms. The Labute approximate surface area is 224 Å². The zero-order chi connectivity index (χ0) is 25.1. The van der Waals surface area contributed by atoms with Crippen LogP contribution < -0.4 is 0 Å². The van der Waals surface area contributed by atoms with Crippen LogP contribution in [0.5, 0.6) is 0 Å². The van der Waals surface area contributed by atoms with E-state index in [0.717, 1.165) is 11.2 Å². The second-order valence-electron chi connectivity index (χ2n) is 9.60. The van der Waals surface area contributed by atoms with Crippen LogP contribution in [0.3, 0.4) is 0 Å². The molecule has 2 nitrogen and oxygen atoms in total. The van der Waals surface area contributed by atoms with E-state index in [-0.39, 0.29) is 0 Å². The van der Waals surface area contributed by atoms with Gasteiger partial charge in [0.15, 0.2) is 0 Å². The van der Waals surface area contributed by atoms with E-state index < -0.39 is 0 Å². The highest BCUT2D eigenvalue weighted by atomic mass is 32.1. The lowest BCUT2D eigenvalue weighted by molar-refractivity contribution is 1.18. The second-order valence-corrected chi connectivity index (χ2v) is 10.7. The number of thiophene rings is 1. The third-order valence-corrected chi connectivity index (χ3v) is 8.66. The number of fused-ring (bicyclic) bond motifs is 6. The van der Waals surface area contributed by atoms with Crippen molar-refractivity contribution in [1.29, 1.82) is 0 Å². The SMILES string of the molecule is c1cc(-c2ccccc2-c2ccnc3c2sc2ccccc23)cc(-n2c3ccccc3c3ccccc32)c1. The van der Waals surface area contributed by atoms with Crippen molar-refractivity contribution in [3.8, 4) is 27.9 Å². The number of rotatable bonds is 3. The van der Waals surface area contributed by atoms with Gasteiger partial charge in [0.2, 0.25) is 0 Å². The van der Waals surface area contributed by atoms with Gasteiger partial charge in [-0.05, 0) is 53.1 Å². The van der Waals surface area contributed by atoms with Crippen molar-refractivity contribution in [1.82, 2.24) is 9.55 Å². The predicted molar refractivity (Wildman–Crippen MR) is 162 cm³/mol. The number of hydrogen-bond acceptors (Lipinski definition) is 2. The quantitative estimate of drug-likeness (QED) is 0.235. The van der Waals surface area contributed by atoms with Gasteiger partial charge in [0.1, 0.15) is 0 Å². The number of benzene rings is 5. The fourth-order valence-corrected chi connectivity index (χ4v) is 6.99. The lowest BCUT2D eigenvalue weighted by atomic mass is 9.94. The Hall–Kier alpha value is -4.73. The van der Waals surface area contributed by atoms with Gasteiger partial charge in [-0.25, -0.2) is 0 Å². The van der Waals surface area contributed by atoms with Crippen LogP contribution >= 0.6 is 11.3 Å². The molecule has 0 aliphatic rings. The van der Waals surface area contributed by atoms with E-state index in [1.165, 1.54) is 58.8 Å². The molecule has 0 saturated carbocycles. The molecule has 0 aliphatic carbocycles. The molecule has 0 fully saturated rings. The summed E-state index contributed by atoms with van der Waals surface area (Å²) in [5, 5.41) is 3.77. The summed E-state index contributed by atoms with van der Waals surface area (Å²) in [6.45, 7) is 0. The number of nitrogens with zero attached hydrogens (tertiary/aromatic N) is 2. The van der Waals surface area contributed by atoms with Crippen LogP contribution in [0.15, 0.2) is 134 Å². The first-order valence-corrected chi connectivity index (χ1v) is 13.6. The first kappa shape index (κ1) is 21.4. The third kappa shape index (κ3) is 3.16. The summed E-state index contributed by atoms with van der Waals surface area (Å²) in [7, 11) is 0. The molecule has 0 saturated heterocycles. The maximum Gasteiger partial charge on any atom is 0.0894 e. The highest BCUT2D eigenvalue weighted by molar-refractivity contribution is 7.26. The zero-order valence-corrected chi connectivity index (χ0v) is 21.3. The third-order valence-electron chi connectivity index (χ3n) is 7.47. The molecule has 0 amide bonds. The highest BCUT2D eigenvalue weighted by Gasteiger charge is 2.16. The largest absolute Gasteiger partial charge is 0.309 e. The summed E-state index contributed by atoms with van der Waals surface area (Å²) >= 11 is 1.82. The maximum atomic E-state index is 4.77. The minimum absolute atomic E-state index is 1.08. The van der Waals surface area contributed by atoms with Crippen LogP contribution in [0.4, 0.5) is 0 Å². The fraction of sp³-hybridized carbons (Fsp3) is 0. The summed E-state index contributed by atoms with van der Waals surface area (Å²) in [6, 6.07) is 45.7. The zero-order valence-electron chi connectivity index (χ0n) is 20.5. The lowest BCUT2D eigenvalue weighted by Gasteiger charge is -2.14. The minimum Gasteiger partial charge on any atom is -0.309 e. The molecule has 0 bridgehead atoms. The van der Waals surface area contributed by atoms with Crippen LogP contribution in [0.25, 0.3) is 70.0 Å². The molecule has 0 radical (unpaired) electrons. The van der Waals surface area contributed by atoms with Crippen molar-refractivity contribution in [2.45, 2.75) is 0 Å². The molecule has 0 spiro atoms. The van der Waals surface area contributed by atoms with E-state index in [2.05, 4.69) is 132 Å². The average molecular weight is 503 g/mol. The molecule has 0 N–H and O–H groups in total. The van der Waals surface area contributed by atoms with Crippen molar-refractivity contribution in [3.63, 3.8) is 0 Å². The summed E-state index contributed by atoms with van der Waals surface area (Å²) in [4.78, 5) is 4.77. The van der Waals surface area contributed by atoms with Crippen LogP contribution in [-0.4, -0.2) is 9.55 Å². The number of aromatic nitrogens is 2. The topological polar surface area (TPSA) is 17.8 Å². The van der Waals surface area contributed by atoms with Crippen molar-refractivity contribution in [2.75, 3.05) is 0 Å². The Kier molecular flexibility index (Phi) is 4.73. The summed E-state index contributed by atoms with van der Waals surface area (Å²) in [5.41, 5.74) is 9.57. The molecule has 8 rings (SSSR count). The van der Waals surface area contributed by atoms with Gasteiger partial charge in [-0.3, -0.25) is 4.98 Å². The van der Waals surface area contributed by atoms with Gasteiger partial charge >= 0.3 is 0 Å². The van der Waals surface area contributed by atoms with E-state index in [1.807, 2.05) is 17.5 Å².